The average Bonchev–Trinajstić information content (AvgIpc) is 2.39. The van der Waals surface area contributed by atoms with Crippen molar-refractivity contribution < 1.29 is 80.2 Å². The van der Waals surface area contributed by atoms with E-state index in [0.717, 1.165) is 127 Å². The minimum Gasteiger partial charge on any atom is -0.462 e. The Morgan fingerprint density at radius 3 is 0.967 bits per heavy atom. The number of unbranched alkanes of at least 4 members (excludes halogenated alkanes) is 33. The van der Waals surface area contributed by atoms with Crippen LogP contribution in [0.1, 0.15) is 344 Å². The second-order valence-corrected chi connectivity index (χ2v) is 29.7. The molecule has 0 saturated heterocycles. The van der Waals surface area contributed by atoms with Crippen LogP contribution in [0.15, 0.2) is 24.3 Å². The lowest BCUT2D eigenvalue weighted by Crippen LogP contribution is -2.30. The number of phosphoric ester groups is 2. The first kappa shape index (κ1) is 89.5. The molecule has 19 heteroatoms. The molecule has 17 nitrogen and oxygen atoms in total. The summed E-state index contributed by atoms with van der Waals surface area (Å²) in [5.74, 6) is 0.0692. The first-order valence-corrected chi connectivity index (χ1v) is 40.2. The van der Waals surface area contributed by atoms with Gasteiger partial charge in [0.15, 0.2) is 12.2 Å². The van der Waals surface area contributed by atoms with Crippen LogP contribution in [-0.4, -0.2) is 96.7 Å². The molecule has 0 rings (SSSR count). The van der Waals surface area contributed by atoms with E-state index in [1.807, 2.05) is 0 Å². The number of aliphatic hydroxyl groups excluding tert-OH is 1. The molecule has 4 unspecified atom stereocenters. The highest BCUT2D eigenvalue weighted by atomic mass is 31.2. The number of phosphoric acid groups is 2. The van der Waals surface area contributed by atoms with Gasteiger partial charge in [-0.3, -0.25) is 37.3 Å². The summed E-state index contributed by atoms with van der Waals surface area (Å²) < 4.78 is 68.3. The number of hydrogen-bond donors (Lipinski definition) is 3. The van der Waals surface area contributed by atoms with E-state index in [2.05, 4.69) is 72.8 Å². The van der Waals surface area contributed by atoms with Gasteiger partial charge in [-0.05, 0) is 69.1 Å². The van der Waals surface area contributed by atoms with Crippen molar-refractivity contribution in [1.29, 1.82) is 0 Å². The van der Waals surface area contributed by atoms with E-state index < -0.39 is 97.5 Å². The average molecular weight is 1350 g/mol. The summed E-state index contributed by atoms with van der Waals surface area (Å²) in [4.78, 5) is 72.6. The molecular weight excluding hydrogens is 1210 g/mol. The molecule has 3 N–H and O–H groups in total. The fourth-order valence-corrected chi connectivity index (χ4v) is 12.1. The predicted molar refractivity (Wildman–Crippen MR) is 372 cm³/mol. The Morgan fingerprint density at radius 1 is 0.359 bits per heavy atom. The number of carbonyl (C=O) groups excluding carboxylic acids is 4. The molecule has 6 atom stereocenters. The van der Waals surface area contributed by atoms with E-state index in [1.165, 1.54) is 128 Å². The van der Waals surface area contributed by atoms with E-state index in [-0.39, 0.29) is 25.7 Å². The summed E-state index contributed by atoms with van der Waals surface area (Å²) in [5, 5.41) is 10.6. The van der Waals surface area contributed by atoms with Crippen LogP contribution in [0.25, 0.3) is 0 Å². The molecule has 0 aliphatic rings. The molecule has 92 heavy (non-hydrogen) atoms. The molecular formula is C73H138O17P2. The summed E-state index contributed by atoms with van der Waals surface area (Å²) in [5.41, 5.74) is 0. The van der Waals surface area contributed by atoms with Crippen LogP contribution >= 0.6 is 15.6 Å². The highest BCUT2D eigenvalue weighted by Crippen LogP contribution is 2.45. The highest BCUT2D eigenvalue weighted by Gasteiger charge is 2.30. The van der Waals surface area contributed by atoms with E-state index in [4.69, 9.17) is 37.0 Å². The number of carbonyl (C=O) groups is 4. The molecule has 0 radical (unpaired) electrons. The minimum atomic E-state index is -4.96. The van der Waals surface area contributed by atoms with Crippen molar-refractivity contribution >= 4 is 39.5 Å². The van der Waals surface area contributed by atoms with Gasteiger partial charge < -0.3 is 33.8 Å². The first-order valence-electron chi connectivity index (χ1n) is 37.2. The summed E-state index contributed by atoms with van der Waals surface area (Å²) in [6, 6.07) is 0. The zero-order valence-electron chi connectivity index (χ0n) is 59.5. The number of rotatable bonds is 69. The van der Waals surface area contributed by atoms with Crippen molar-refractivity contribution in [3.8, 4) is 0 Å². The lowest BCUT2D eigenvalue weighted by atomic mass is 10.00. The maximum atomic E-state index is 13.0. The van der Waals surface area contributed by atoms with Crippen molar-refractivity contribution in [2.45, 2.75) is 362 Å². The van der Waals surface area contributed by atoms with Gasteiger partial charge in [-0.15, -0.1) is 0 Å². The highest BCUT2D eigenvalue weighted by molar-refractivity contribution is 7.47. The van der Waals surface area contributed by atoms with Gasteiger partial charge >= 0.3 is 39.5 Å². The summed E-state index contributed by atoms with van der Waals surface area (Å²) in [6.07, 6.45) is 50.9. The Labute approximate surface area is 561 Å². The maximum absolute atomic E-state index is 13.0. The molecule has 0 fully saturated rings. The normalized spacial score (nSPS) is 14.6. The Bertz CT molecular complexity index is 1900. The van der Waals surface area contributed by atoms with Gasteiger partial charge in [0.1, 0.15) is 19.3 Å². The number of aliphatic hydroxyl groups is 1. The molecule has 0 bridgehead atoms. The van der Waals surface area contributed by atoms with Gasteiger partial charge in [0, 0.05) is 25.7 Å². The Hall–Kier alpha value is -2.46. The minimum absolute atomic E-state index is 0.0837. The quantitative estimate of drug-likeness (QED) is 0.0169. The fourth-order valence-electron chi connectivity index (χ4n) is 10.5. The molecule has 0 aliphatic heterocycles. The molecule has 0 aromatic carbocycles. The molecule has 0 spiro atoms. The second-order valence-electron chi connectivity index (χ2n) is 26.8. The molecule has 0 amide bonds. The smallest absolute Gasteiger partial charge is 0.462 e. The molecule has 0 aromatic rings. The van der Waals surface area contributed by atoms with Crippen molar-refractivity contribution in [2.75, 3.05) is 39.6 Å². The maximum Gasteiger partial charge on any atom is 0.472 e. The third kappa shape index (κ3) is 64.9. The molecule has 0 saturated carbocycles. The summed E-state index contributed by atoms with van der Waals surface area (Å²) in [6.45, 7) is 11.7. The van der Waals surface area contributed by atoms with Gasteiger partial charge in [0.2, 0.25) is 0 Å². The zero-order chi connectivity index (χ0) is 68.0. The largest absolute Gasteiger partial charge is 0.472 e. The fraction of sp³-hybridized carbons (Fsp3) is 0.890. The zero-order valence-corrected chi connectivity index (χ0v) is 61.3. The van der Waals surface area contributed by atoms with Crippen LogP contribution in [0, 0.1) is 17.8 Å². The number of ether oxygens (including phenoxy) is 4. The third-order valence-corrected chi connectivity index (χ3v) is 18.5. The van der Waals surface area contributed by atoms with Gasteiger partial charge in [0.25, 0.3) is 0 Å². The predicted octanol–water partition coefficient (Wildman–Crippen LogP) is 20.6. The summed E-state index contributed by atoms with van der Waals surface area (Å²) >= 11 is 0. The second kappa shape index (κ2) is 63.3. The Balaban J connectivity index is 5.27. The number of esters is 4. The standard InChI is InChI=1S/C73H138O17P2/c1-8-10-11-12-13-14-15-16-17-21-24-27-32-42-49-57-73(78)90-69(61-84-71(76)55-48-41-36-35-39-46-53-66(7)9-2)63-88-92(81,82)86-59-67(74)58-85-91(79,80)87-62-68(60-83-70(75)54-47-40-34-29-31-38-45-52-65(5)6)89-72(77)56-50-43-33-28-25-22-19-18-20-23-26-30-37-44-51-64(3)4/h14-17,64-69,74H,8-13,18-63H2,1-7H3,(H,79,80)(H,81,82)/b15-14-,17-16-/t66?,67?,68-,69-/m1/s1. The lowest BCUT2D eigenvalue weighted by molar-refractivity contribution is -0.161. The van der Waals surface area contributed by atoms with Crippen LogP contribution in [0.4, 0.5) is 0 Å². The van der Waals surface area contributed by atoms with Crippen molar-refractivity contribution in [1.82, 2.24) is 0 Å². The summed E-state index contributed by atoms with van der Waals surface area (Å²) in [7, 11) is -9.92. The van der Waals surface area contributed by atoms with Gasteiger partial charge in [-0.25, -0.2) is 9.13 Å². The van der Waals surface area contributed by atoms with Crippen LogP contribution in [0.3, 0.4) is 0 Å². The van der Waals surface area contributed by atoms with Crippen molar-refractivity contribution in [2.24, 2.45) is 17.8 Å². The van der Waals surface area contributed by atoms with Crippen molar-refractivity contribution in [3.05, 3.63) is 24.3 Å². The van der Waals surface area contributed by atoms with Crippen LogP contribution in [-0.2, 0) is 65.4 Å². The van der Waals surface area contributed by atoms with E-state index >= 15 is 0 Å². The molecule has 0 aromatic heterocycles. The van der Waals surface area contributed by atoms with Crippen molar-refractivity contribution in [3.63, 3.8) is 0 Å². The Morgan fingerprint density at radius 2 is 0.641 bits per heavy atom. The van der Waals surface area contributed by atoms with Crippen LogP contribution < -0.4 is 0 Å². The first-order chi connectivity index (χ1) is 44.3. The van der Waals surface area contributed by atoms with E-state index in [1.54, 1.807) is 0 Å². The van der Waals surface area contributed by atoms with Gasteiger partial charge in [-0.2, -0.15) is 0 Å². The van der Waals surface area contributed by atoms with E-state index in [9.17, 15) is 43.2 Å². The van der Waals surface area contributed by atoms with Crippen LogP contribution in [0.5, 0.6) is 0 Å². The van der Waals surface area contributed by atoms with Gasteiger partial charge in [0.05, 0.1) is 26.4 Å². The SMILES string of the molecule is CCCCCC/C=C\C=C/CCCCCCCC(=O)O[C@H](COC(=O)CCCCCCCCC(C)CC)COP(=O)(O)OCC(O)COP(=O)(O)OC[C@@H](COC(=O)CCCCCCCCCC(C)C)OC(=O)CCCCCCCCCCCCCCCCC(C)C. The Kier molecular flexibility index (Phi) is 61.6. The third-order valence-electron chi connectivity index (χ3n) is 16.6. The van der Waals surface area contributed by atoms with Gasteiger partial charge in [-0.1, -0.05) is 291 Å². The monoisotopic (exact) mass is 1350 g/mol. The molecule has 542 valence electrons. The molecule has 0 aliphatic carbocycles. The number of allylic oxidation sites excluding steroid dienone is 4. The van der Waals surface area contributed by atoms with Crippen LogP contribution in [0.2, 0.25) is 0 Å². The van der Waals surface area contributed by atoms with E-state index in [0.29, 0.717) is 31.6 Å². The number of hydrogen-bond acceptors (Lipinski definition) is 15. The molecule has 0 heterocycles. The topological polar surface area (TPSA) is 237 Å². The lowest BCUT2D eigenvalue weighted by Gasteiger charge is -2.21.